The Morgan fingerprint density at radius 1 is 1.64 bits per heavy atom. The molecule has 0 aromatic heterocycles. The Morgan fingerprint density at radius 3 is 2.64 bits per heavy atom. The van der Waals surface area contributed by atoms with E-state index in [0.29, 0.717) is 5.92 Å². The van der Waals surface area contributed by atoms with Crippen LogP contribution < -0.4 is 5.32 Å². The van der Waals surface area contributed by atoms with Gasteiger partial charge in [-0.05, 0) is 37.5 Å². The lowest BCUT2D eigenvalue weighted by Crippen LogP contribution is -2.45. The van der Waals surface area contributed by atoms with Crippen molar-refractivity contribution in [3.8, 4) is 6.07 Å². The zero-order valence-electron chi connectivity index (χ0n) is 8.55. The van der Waals surface area contributed by atoms with Gasteiger partial charge in [0.15, 0.2) is 0 Å². The minimum Gasteiger partial charge on any atom is -0.354 e. The van der Waals surface area contributed by atoms with E-state index in [-0.39, 0.29) is 5.91 Å². The van der Waals surface area contributed by atoms with Crippen LogP contribution in [0.4, 0.5) is 0 Å². The maximum Gasteiger partial charge on any atom is 0.240 e. The van der Waals surface area contributed by atoms with Crippen molar-refractivity contribution in [3.63, 3.8) is 0 Å². The fourth-order valence-corrected chi connectivity index (χ4v) is 2.00. The number of hydrogen-bond donors (Lipinski definition) is 1. The molecule has 2 aliphatic carbocycles. The number of carbonyl (C=O) groups is 1. The second-order valence-corrected chi connectivity index (χ2v) is 4.73. The minimum atomic E-state index is -0.669. The molecule has 0 spiro atoms. The lowest BCUT2D eigenvalue weighted by atomic mass is 9.69. The zero-order chi connectivity index (χ0) is 10.2. The van der Waals surface area contributed by atoms with Crippen molar-refractivity contribution in [2.75, 3.05) is 6.54 Å². The first-order chi connectivity index (χ1) is 6.68. The molecule has 1 N–H and O–H groups in total. The van der Waals surface area contributed by atoms with E-state index < -0.39 is 5.41 Å². The van der Waals surface area contributed by atoms with E-state index >= 15 is 0 Å². The van der Waals surface area contributed by atoms with Crippen LogP contribution in [0.5, 0.6) is 0 Å². The van der Waals surface area contributed by atoms with Crippen LogP contribution in [-0.4, -0.2) is 12.5 Å². The largest absolute Gasteiger partial charge is 0.354 e. The summed E-state index contributed by atoms with van der Waals surface area (Å²) in [5.41, 5.74) is -0.669. The number of amides is 1. The smallest absolute Gasteiger partial charge is 0.240 e. The van der Waals surface area contributed by atoms with Gasteiger partial charge in [-0.1, -0.05) is 6.92 Å². The highest BCUT2D eigenvalue weighted by atomic mass is 16.2. The van der Waals surface area contributed by atoms with Gasteiger partial charge in [-0.15, -0.1) is 0 Å². The summed E-state index contributed by atoms with van der Waals surface area (Å²) in [6.45, 7) is 2.96. The first-order valence-corrected chi connectivity index (χ1v) is 5.37. The zero-order valence-corrected chi connectivity index (χ0v) is 8.55. The lowest BCUT2D eigenvalue weighted by Gasteiger charge is -2.33. The highest BCUT2D eigenvalue weighted by Crippen LogP contribution is 2.41. The molecule has 2 atom stereocenters. The van der Waals surface area contributed by atoms with Gasteiger partial charge in [0.25, 0.3) is 0 Å². The van der Waals surface area contributed by atoms with Crippen molar-refractivity contribution in [3.05, 3.63) is 0 Å². The third-order valence-corrected chi connectivity index (χ3v) is 3.66. The van der Waals surface area contributed by atoms with Crippen molar-refractivity contribution in [1.29, 1.82) is 5.26 Å². The van der Waals surface area contributed by atoms with Crippen molar-refractivity contribution in [2.24, 2.45) is 17.3 Å². The van der Waals surface area contributed by atoms with Crippen LogP contribution in [0.15, 0.2) is 0 Å². The van der Waals surface area contributed by atoms with Crippen LogP contribution in [0.1, 0.15) is 32.6 Å². The van der Waals surface area contributed by atoms with Crippen LogP contribution >= 0.6 is 0 Å². The number of carbonyl (C=O) groups excluding carboxylic acids is 1. The Kier molecular flexibility index (Phi) is 2.22. The van der Waals surface area contributed by atoms with Crippen LogP contribution in [0, 0.1) is 28.6 Å². The summed E-state index contributed by atoms with van der Waals surface area (Å²) in [6, 6.07) is 2.16. The fraction of sp³-hybridized carbons (Fsp3) is 0.818. The van der Waals surface area contributed by atoms with Crippen molar-refractivity contribution >= 4 is 5.91 Å². The molecule has 0 radical (unpaired) electrons. The lowest BCUT2D eigenvalue weighted by molar-refractivity contribution is -0.131. The first-order valence-electron chi connectivity index (χ1n) is 5.37. The Hall–Kier alpha value is -1.04. The summed E-state index contributed by atoms with van der Waals surface area (Å²) in [5, 5.41) is 11.8. The molecule has 2 aliphatic rings. The van der Waals surface area contributed by atoms with E-state index in [4.69, 9.17) is 5.26 Å². The van der Waals surface area contributed by atoms with E-state index in [9.17, 15) is 4.79 Å². The first kappa shape index (κ1) is 9.51. The number of nitrogens with one attached hydrogen (secondary N) is 1. The van der Waals surface area contributed by atoms with Crippen LogP contribution in [0.25, 0.3) is 0 Å². The fourth-order valence-electron chi connectivity index (χ4n) is 2.00. The van der Waals surface area contributed by atoms with Gasteiger partial charge in [0, 0.05) is 6.54 Å². The van der Waals surface area contributed by atoms with Crippen molar-refractivity contribution in [2.45, 2.75) is 32.6 Å². The van der Waals surface area contributed by atoms with Gasteiger partial charge in [0.1, 0.15) is 5.41 Å². The van der Waals surface area contributed by atoms with E-state index in [1.54, 1.807) is 0 Å². The second-order valence-electron chi connectivity index (χ2n) is 4.73. The molecule has 2 fully saturated rings. The van der Waals surface area contributed by atoms with Gasteiger partial charge >= 0.3 is 0 Å². The molecule has 1 amide bonds. The van der Waals surface area contributed by atoms with Gasteiger partial charge in [0.2, 0.25) is 5.91 Å². The minimum absolute atomic E-state index is 0.0367. The quantitative estimate of drug-likeness (QED) is 0.735. The molecular formula is C11H16N2O. The molecule has 0 aromatic rings. The molecule has 14 heavy (non-hydrogen) atoms. The monoisotopic (exact) mass is 192 g/mol. The molecule has 0 heterocycles. The predicted molar refractivity (Wildman–Crippen MR) is 52.2 cm³/mol. The third-order valence-electron chi connectivity index (χ3n) is 3.66. The van der Waals surface area contributed by atoms with Crippen LogP contribution in [-0.2, 0) is 4.79 Å². The van der Waals surface area contributed by atoms with Crippen molar-refractivity contribution in [1.82, 2.24) is 5.32 Å². The topological polar surface area (TPSA) is 52.9 Å². The average Bonchev–Trinajstić information content (AvgIpc) is 2.78. The van der Waals surface area contributed by atoms with E-state index in [1.165, 1.54) is 6.42 Å². The van der Waals surface area contributed by atoms with Gasteiger partial charge in [0.05, 0.1) is 6.07 Å². The molecule has 2 saturated carbocycles. The summed E-state index contributed by atoms with van der Waals surface area (Å²) < 4.78 is 0. The molecule has 0 bridgehead atoms. The molecule has 2 rings (SSSR count). The van der Waals surface area contributed by atoms with Gasteiger partial charge in [-0.25, -0.2) is 0 Å². The maximum absolute atomic E-state index is 11.7. The van der Waals surface area contributed by atoms with Gasteiger partial charge in [-0.3, -0.25) is 4.79 Å². The maximum atomic E-state index is 11.7. The Balaban J connectivity index is 1.80. The highest BCUT2D eigenvalue weighted by Gasteiger charge is 2.45. The highest BCUT2D eigenvalue weighted by molar-refractivity contribution is 5.86. The number of nitrogens with zero attached hydrogens (tertiary/aromatic N) is 1. The molecule has 0 saturated heterocycles. The Bertz CT molecular complexity index is 288. The average molecular weight is 192 g/mol. The predicted octanol–water partition coefficient (Wildman–Crippen LogP) is 1.45. The van der Waals surface area contributed by atoms with Gasteiger partial charge < -0.3 is 5.32 Å². The summed E-state index contributed by atoms with van der Waals surface area (Å²) in [7, 11) is 0. The summed E-state index contributed by atoms with van der Waals surface area (Å²) in [6.07, 6.45) is 3.73. The molecule has 0 aromatic carbocycles. The second kappa shape index (κ2) is 3.27. The van der Waals surface area contributed by atoms with Gasteiger partial charge in [-0.2, -0.15) is 5.26 Å². The van der Waals surface area contributed by atoms with Crippen LogP contribution in [0.3, 0.4) is 0 Å². The van der Waals surface area contributed by atoms with E-state index in [0.717, 1.165) is 31.7 Å². The van der Waals surface area contributed by atoms with E-state index in [2.05, 4.69) is 18.3 Å². The van der Waals surface area contributed by atoms with E-state index in [1.807, 2.05) is 0 Å². The standard InChI is InChI=1S/C11H16N2O/c1-8-5-9(8)6-13-10(14)11(7-12)3-2-4-11/h8-9H,2-6H2,1H3,(H,13,14). The van der Waals surface area contributed by atoms with Crippen molar-refractivity contribution < 1.29 is 4.79 Å². The molecule has 3 nitrogen and oxygen atoms in total. The molecule has 76 valence electrons. The van der Waals surface area contributed by atoms with Crippen LogP contribution in [0.2, 0.25) is 0 Å². The molecule has 3 heteroatoms. The third kappa shape index (κ3) is 1.50. The number of hydrogen-bond acceptors (Lipinski definition) is 2. The summed E-state index contributed by atoms with van der Waals surface area (Å²) in [5.74, 6) is 1.38. The normalized spacial score (nSPS) is 32.6. The number of nitriles is 1. The Labute approximate surface area is 84.5 Å². The summed E-state index contributed by atoms with van der Waals surface area (Å²) in [4.78, 5) is 11.7. The molecule has 0 aliphatic heterocycles. The molecular weight excluding hydrogens is 176 g/mol. The molecule has 2 unspecified atom stereocenters. The SMILES string of the molecule is CC1CC1CNC(=O)C1(C#N)CCC1. The number of rotatable bonds is 3. The summed E-state index contributed by atoms with van der Waals surface area (Å²) >= 11 is 0. The Morgan fingerprint density at radius 2 is 2.29 bits per heavy atom.